The van der Waals surface area contributed by atoms with Gasteiger partial charge in [-0.15, -0.1) is 0 Å². The fraction of sp³-hybridized carbons (Fsp3) is 0.0417. The Morgan fingerprint density at radius 3 is 2.33 bits per heavy atom. The number of amides is 1. The van der Waals surface area contributed by atoms with Gasteiger partial charge in [-0.05, 0) is 12.1 Å². The van der Waals surface area contributed by atoms with Gasteiger partial charge in [0.1, 0.15) is 22.4 Å². The number of rotatable bonds is 4. The molecule has 33 heavy (non-hydrogen) atoms. The predicted molar refractivity (Wildman–Crippen MR) is 125 cm³/mol. The second-order valence-electron chi connectivity index (χ2n) is 7.30. The van der Waals surface area contributed by atoms with Gasteiger partial charge < -0.3 is 9.52 Å². The third kappa shape index (κ3) is 3.51. The van der Waals surface area contributed by atoms with Crippen molar-refractivity contribution in [1.82, 2.24) is 4.90 Å². The smallest absolute Gasteiger partial charge is 0.323 e. The number of carboxylic acid groups (broad SMARTS) is 1. The highest BCUT2D eigenvalue weighted by Gasteiger charge is 2.34. The van der Waals surface area contributed by atoms with Crippen LogP contribution in [0.25, 0.3) is 17.4 Å². The zero-order chi connectivity index (χ0) is 23.3. The minimum absolute atomic E-state index is 0.153. The number of thioether (sulfide) groups is 1. The molecule has 5 rings (SSSR count). The number of hydrogen-bond donors (Lipinski definition) is 1. The number of nitrogens with zero attached hydrogens (tertiary/aromatic N) is 1. The van der Waals surface area contributed by atoms with Crippen molar-refractivity contribution in [3.63, 3.8) is 0 Å². The van der Waals surface area contributed by atoms with Crippen LogP contribution in [0.5, 0.6) is 0 Å². The lowest BCUT2D eigenvalue weighted by Crippen LogP contribution is -2.33. The van der Waals surface area contributed by atoms with E-state index in [2.05, 4.69) is 0 Å². The maximum atomic E-state index is 13.2. The van der Waals surface area contributed by atoms with Crippen LogP contribution < -0.4 is 0 Å². The average Bonchev–Trinajstić information content (AvgIpc) is 3.37. The Kier molecular flexibility index (Phi) is 5.07. The first kappa shape index (κ1) is 21.0. The van der Waals surface area contributed by atoms with Crippen molar-refractivity contribution in [2.45, 2.75) is 0 Å². The second kappa shape index (κ2) is 7.95. The standard InChI is InChI=1S/C24H13NO6S2/c26-19(27)11-25-23(30)18(33-24(25)32)10-12-8-9-17(31-12)15-6-3-7-16-20(15)22(29)14-5-2-1-4-13(14)21(16)28/h1-10H,11H2,(H,26,27)/b18-10+. The maximum absolute atomic E-state index is 13.2. The number of carboxylic acids is 1. The van der Waals surface area contributed by atoms with Gasteiger partial charge in [-0.3, -0.25) is 24.1 Å². The normalized spacial score (nSPS) is 16.4. The largest absolute Gasteiger partial charge is 0.480 e. The molecule has 1 fully saturated rings. The fourth-order valence-corrected chi connectivity index (χ4v) is 5.06. The molecule has 162 valence electrons. The monoisotopic (exact) mass is 475 g/mol. The van der Waals surface area contributed by atoms with Gasteiger partial charge in [0.15, 0.2) is 11.6 Å². The summed E-state index contributed by atoms with van der Waals surface area (Å²) >= 11 is 6.08. The Balaban J connectivity index is 1.51. The Hall–Kier alpha value is -3.82. The molecule has 3 aromatic rings. The van der Waals surface area contributed by atoms with Gasteiger partial charge in [0.05, 0.1) is 4.91 Å². The first-order valence-corrected chi connectivity index (χ1v) is 11.0. The minimum atomic E-state index is -1.16. The number of carbonyl (C=O) groups excluding carboxylic acids is 3. The number of fused-ring (bicyclic) bond motifs is 2. The third-order valence-corrected chi connectivity index (χ3v) is 6.66. The molecule has 0 atom stereocenters. The molecule has 7 nitrogen and oxygen atoms in total. The van der Waals surface area contributed by atoms with Gasteiger partial charge >= 0.3 is 5.97 Å². The Morgan fingerprint density at radius 2 is 1.61 bits per heavy atom. The van der Waals surface area contributed by atoms with E-state index in [4.69, 9.17) is 21.7 Å². The number of furan rings is 1. The predicted octanol–water partition coefficient (Wildman–Crippen LogP) is 4.01. The number of thiocarbonyl (C=S) groups is 1. The summed E-state index contributed by atoms with van der Waals surface area (Å²) in [6, 6.07) is 15.0. The van der Waals surface area contributed by atoms with E-state index < -0.39 is 18.4 Å². The average molecular weight is 476 g/mol. The summed E-state index contributed by atoms with van der Waals surface area (Å²) in [5.74, 6) is -1.48. The van der Waals surface area contributed by atoms with Crippen LogP contribution >= 0.6 is 24.0 Å². The van der Waals surface area contributed by atoms with Crippen LogP contribution in [0, 0.1) is 0 Å². The van der Waals surface area contributed by atoms with Crippen LogP contribution in [0.15, 0.2) is 63.9 Å². The van der Waals surface area contributed by atoms with Crippen LogP contribution in [0.1, 0.15) is 37.6 Å². The third-order valence-electron chi connectivity index (χ3n) is 5.29. The topological polar surface area (TPSA) is 105 Å². The van der Waals surface area contributed by atoms with Crippen molar-refractivity contribution in [3.05, 3.63) is 87.5 Å². The maximum Gasteiger partial charge on any atom is 0.323 e. The van der Waals surface area contributed by atoms with Gasteiger partial charge in [0.25, 0.3) is 5.91 Å². The summed E-state index contributed by atoms with van der Waals surface area (Å²) in [5.41, 5.74) is 1.77. The molecule has 1 amide bonds. The van der Waals surface area contributed by atoms with Gasteiger partial charge in [-0.25, -0.2) is 0 Å². The summed E-state index contributed by atoms with van der Waals surface area (Å²) in [6.07, 6.45) is 1.47. The van der Waals surface area contributed by atoms with E-state index in [-0.39, 0.29) is 26.4 Å². The summed E-state index contributed by atoms with van der Waals surface area (Å²) in [6.45, 7) is -0.515. The number of ketones is 2. The molecule has 2 heterocycles. The first-order chi connectivity index (χ1) is 15.8. The van der Waals surface area contributed by atoms with E-state index in [0.29, 0.717) is 33.8 Å². The summed E-state index contributed by atoms with van der Waals surface area (Å²) < 4.78 is 6.04. The molecule has 2 aliphatic rings. The molecule has 1 aliphatic heterocycles. The highest BCUT2D eigenvalue weighted by atomic mass is 32.2. The van der Waals surface area contributed by atoms with Crippen LogP contribution in [-0.4, -0.2) is 44.3 Å². The molecule has 2 aromatic carbocycles. The highest BCUT2D eigenvalue weighted by molar-refractivity contribution is 8.26. The van der Waals surface area contributed by atoms with Crippen molar-refractivity contribution in [2.24, 2.45) is 0 Å². The van der Waals surface area contributed by atoms with Gasteiger partial charge in [0.2, 0.25) is 0 Å². The van der Waals surface area contributed by atoms with Crippen LogP contribution in [-0.2, 0) is 9.59 Å². The van der Waals surface area contributed by atoms with Crippen LogP contribution in [0.4, 0.5) is 0 Å². The molecule has 9 heteroatoms. The molecule has 0 spiro atoms. The highest BCUT2D eigenvalue weighted by Crippen LogP contribution is 2.37. The molecule has 0 bridgehead atoms. The Morgan fingerprint density at radius 1 is 0.939 bits per heavy atom. The van der Waals surface area contributed by atoms with E-state index in [9.17, 15) is 19.2 Å². The minimum Gasteiger partial charge on any atom is -0.480 e. The van der Waals surface area contributed by atoms with Crippen LogP contribution in [0.3, 0.4) is 0 Å². The lowest BCUT2D eigenvalue weighted by molar-refractivity contribution is -0.140. The van der Waals surface area contributed by atoms with Gasteiger partial charge in [-0.2, -0.15) is 0 Å². The summed E-state index contributed by atoms with van der Waals surface area (Å²) in [5, 5.41) is 8.96. The number of aliphatic carboxylic acids is 1. The fourth-order valence-electron chi connectivity index (χ4n) is 3.83. The van der Waals surface area contributed by atoms with Crippen molar-refractivity contribution in [3.8, 4) is 11.3 Å². The lowest BCUT2D eigenvalue weighted by Gasteiger charge is -2.19. The van der Waals surface area contributed by atoms with Gasteiger partial charge in [0, 0.05) is 33.9 Å². The van der Waals surface area contributed by atoms with E-state index in [1.807, 2.05) is 0 Å². The molecule has 0 unspecified atom stereocenters. The summed E-state index contributed by atoms with van der Waals surface area (Å²) in [7, 11) is 0. The zero-order valence-corrected chi connectivity index (χ0v) is 18.4. The molecule has 0 radical (unpaired) electrons. The van der Waals surface area contributed by atoms with Crippen LogP contribution in [0.2, 0.25) is 0 Å². The second-order valence-corrected chi connectivity index (χ2v) is 8.97. The number of benzene rings is 2. The van der Waals surface area contributed by atoms with Crippen molar-refractivity contribution in [1.29, 1.82) is 0 Å². The number of carbonyl (C=O) groups is 4. The summed E-state index contributed by atoms with van der Waals surface area (Å²) in [4.78, 5) is 50.9. The number of hydrogen-bond acceptors (Lipinski definition) is 7. The van der Waals surface area contributed by atoms with E-state index in [0.717, 1.165) is 16.7 Å². The first-order valence-electron chi connectivity index (χ1n) is 9.74. The lowest BCUT2D eigenvalue weighted by atomic mass is 9.81. The quantitative estimate of drug-likeness (QED) is 0.349. The molecule has 1 N–H and O–H groups in total. The van der Waals surface area contributed by atoms with Gasteiger partial charge in [-0.1, -0.05) is 66.4 Å². The van der Waals surface area contributed by atoms with Crippen molar-refractivity contribution >= 4 is 57.8 Å². The molecule has 1 aromatic heterocycles. The molecule has 0 saturated carbocycles. The Labute approximate surface area is 196 Å². The SMILES string of the molecule is O=C(O)CN1C(=O)/C(=C\c2ccc(-c3cccc4c3C(=O)c3ccccc3C4=O)o2)SC1=S. The van der Waals surface area contributed by atoms with E-state index in [1.165, 1.54) is 6.08 Å². The Bertz CT molecular complexity index is 1430. The molecule has 1 aliphatic carbocycles. The van der Waals surface area contributed by atoms with E-state index >= 15 is 0 Å². The van der Waals surface area contributed by atoms with Crippen molar-refractivity contribution in [2.75, 3.05) is 6.54 Å². The molecular weight excluding hydrogens is 462 g/mol. The zero-order valence-electron chi connectivity index (χ0n) is 16.7. The van der Waals surface area contributed by atoms with Crippen molar-refractivity contribution < 1.29 is 28.7 Å². The molecule has 1 saturated heterocycles. The van der Waals surface area contributed by atoms with E-state index in [1.54, 1.807) is 54.6 Å². The molecular formula is C24H13NO6S2.